The summed E-state index contributed by atoms with van der Waals surface area (Å²) in [5, 5.41) is 12.2. The molecular weight excluding hydrogens is 182 g/mol. The molecule has 0 fully saturated rings. The zero-order valence-corrected chi connectivity index (χ0v) is 7.59. The molecule has 0 amide bonds. The number of aliphatic carboxylic acids is 1. The van der Waals surface area contributed by atoms with Crippen LogP contribution in [-0.2, 0) is 9.63 Å². The predicted molar refractivity (Wildman–Crippen MR) is 50.9 cm³/mol. The van der Waals surface area contributed by atoms with E-state index in [1.165, 1.54) is 0 Å². The van der Waals surface area contributed by atoms with Gasteiger partial charge in [-0.1, -0.05) is 22.9 Å². The van der Waals surface area contributed by atoms with Gasteiger partial charge in [-0.25, -0.2) is 0 Å². The first-order valence-electron chi connectivity index (χ1n) is 4.56. The Morgan fingerprint density at radius 3 is 3.29 bits per heavy atom. The minimum Gasteiger partial charge on any atom is -0.481 e. The van der Waals surface area contributed by atoms with Crippen molar-refractivity contribution in [1.29, 1.82) is 0 Å². The molecule has 1 aliphatic carbocycles. The predicted octanol–water partition coefficient (Wildman–Crippen LogP) is 1.35. The fourth-order valence-electron chi connectivity index (χ4n) is 1.57. The number of allylic oxidation sites excluding steroid dienone is 2. The molecule has 1 aliphatic heterocycles. The molecule has 74 valence electrons. The summed E-state index contributed by atoms with van der Waals surface area (Å²) in [6.07, 6.45) is 8.37. The second-order valence-corrected chi connectivity index (χ2v) is 3.40. The molecule has 0 saturated carbocycles. The molecule has 0 aromatic carbocycles. The van der Waals surface area contributed by atoms with Gasteiger partial charge in [-0.3, -0.25) is 4.79 Å². The molecule has 14 heavy (non-hydrogen) atoms. The molecule has 0 spiro atoms. The molecule has 0 radical (unpaired) electrons. The highest BCUT2D eigenvalue weighted by atomic mass is 16.6. The first kappa shape index (κ1) is 8.99. The second kappa shape index (κ2) is 3.65. The van der Waals surface area contributed by atoms with Gasteiger partial charge in [-0.05, 0) is 12.5 Å². The Kier molecular flexibility index (Phi) is 2.35. The van der Waals surface area contributed by atoms with E-state index in [1.54, 1.807) is 6.21 Å². The average molecular weight is 193 g/mol. The number of oxime groups is 1. The smallest absolute Gasteiger partial charge is 0.303 e. The molecule has 0 aromatic rings. The number of carbonyl (C=O) groups is 1. The van der Waals surface area contributed by atoms with Gasteiger partial charge in [0, 0.05) is 6.42 Å². The Morgan fingerprint density at radius 2 is 2.50 bits per heavy atom. The van der Waals surface area contributed by atoms with Gasteiger partial charge in [0.05, 0.1) is 12.1 Å². The van der Waals surface area contributed by atoms with Crippen LogP contribution in [0.15, 0.2) is 29.0 Å². The van der Waals surface area contributed by atoms with Crippen LogP contribution in [0.4, 0.5) is 0 Å². The lowest BCUT2D eigenvalue weighted by Gasteiger charge is -2.15. The SMILES string of the molecule is O=C(O)CCC1=CC2C=NOC2C=C1. The molecular formula is C10H11NO3. The summed E-state index contributed by atoms with van der Waals surface area (Å²) >= 11 is 0. The lowest BCUT2D eigenvalue weighted by molar-refractivity contribution is -0.136. The van der Waals surface area contributed by atoms with Gasteiger partial charge in [0.15, 0.2) is 6.10 Å². The fraction of sp³-hybridized carbons (Fsp3) is 0.400. The summed E-state index contributed by atoms with van der Waals surface area (Å²) in [6.45, 7) is 0. The van der Waals surface area contributed by atoms with E-state index in [2.05, 4.69) is 5.16 Å². The zero-order valence-electron chi connectivity index (χ0n) is 7.59. The highest BCUT2D eigenvalue weighted by molar-refractivity contribution is 5.69. The number of hydrogen-bond acceptors (Lipinski definition) is 3. The Balaban J connectivity index is 1.97. The van der Waals surface area contributed by atoms with Gasteiger partial charge < -0.3 is 9.94 Å². The van der Waals surface area contributed by atoms with E-state index in [-0.39, 0.29) is 18.4 Å². The molecule has 1 heterocycles. The van der Waals surface area contributed by atoms with Crippen molar-refractivity contribution in [2.75, 3.05) is 0 Å². The minimum absolute atomic E-state index is 0.0172. The van der Waals surface area contributed by atoms with Crippen molar-refractivity contribution in [3.63, 3.8) is 0 Å². The molecule has 0 aromatic heterocycles. The maximum atomic E-state index is 10.4. The van der Waals surface area contributed by atoms with E-state index in [0.29, 0.717) is 6.42 Å². The van der Waals surface area contributed by atoms with Crippen molar-refractivity contribution in [3.8, 4) is 0 Å². The van der Waals surface area contributed by atoms with Crippen LogP contribution in [0, 0.1) is 5.92 Å². The third kappa shape index (κ3) is 1.84. The monoisotopic (exact) mass is 193 g/mol. The van der Waals surface area contributed by atoms with Gasteiger partial charge in [0.2, 0.25) is 0 Å². The maximum absolute atomic E-state index is 10.4. The molecule has 2 rings (SSSR count). The standard InChI is InChI=1S/C10H11NO3/c12-10(13)4-2-7-1-3-9-8(5-7)6-11-14-9/h1,3,5-6,8-9H,2,4H2,(H,12,13). The normalized spacial score (nSPS) is 28.1. The Morgan fingerprint density at radius 1 is 1.64 bits per heavy atom. The van der Waals surface area contributed by atoms with Crippen molar-refractivity contribution < 1.29 is 14.7 Å². The van der Waals surface area contributed by atoms with Gasteiger partial charge >= 0.3 is 5.97 Å². The first-order chi connectivity index (χ1) is 6.75. The Bertz CT molecular complexity index is 330. The zero-order chi connectivity index (χ0) is 9.97. The summed E-state index contributed by atoms with van der Waals surface area (Å²) in [4.78, 5) is 15.4. The van der Waals surface area contributed by atoms with E-state index in [0.717, 1.165) is 5.57 Å². The maximum Gasteiger partial charge on any atom is 0.303 e. The fourth-order valence-corrected chi connectivity index (χ4v) is 1.57. The van der Waals surface area contributed by atoms with Crippen molar-refractivity contribution in [2.24, 2.45) is 11.1 Å². The lowest BCUT2D eigenvalue weighted by Crippen LogP contribution is -2.17. The Hall–Kier alpha value is -1.58. The number of rotatable bonds is 3. The average Bonchev–Trinajstić information content (AvgIpc) is 2.61. The molecule has 2 unspecified atom stereocenters. The van der Waals surface area contributed by atoms with Crippen molar-refractivity contribution >= 4 is 12.2 Å². The molecule has 4 heteroatoms. The Labute approximate surface area is 81.6 Å². The van der Waals surface area contributed by atoms with Crippen LogP contribution in [0.1, 0.15) is 12.8 Å². The topological polar surface area (TPSA) is 58.9 Å². The van der Waals surface area contributed by atoms with E-state index in [4.69, 9.17) is 9.94 Å². The van der Waals surface area contributed by atoms with E-state index < -0.39 is 5.97 Å². The van der Waals surface area contributed by atoms with Crippen LogP contribution in [0.5, 0.6) is 0 Å². The van der Waals surface area contributed by atoms with Crippen LogP contribution in [0.3, 0.4) is 0 Å². The van der Waals surface area contributed by atoms with Crippen LogP contribution >= 0.6 is 0 Å². The summed E-state index contributed by atoms with van der Waals surface area (Å²) in [7, 11) is 0. The summed E-state index contributed by atoms with van der Waals surface area (Å²) in [5.74, 6) is -0.582. The highest BCUT2D eigenvalue weighted by Crippen LogP contribution is 2.24. The van der Waals surface area contributed by atoms with Crippen LogP contribution in [-0.4, -0.2) is 23.4 Å². The van der Waals surface area contributed by atoms with Crippen molar-refractivity contribution in [2.45, 2.75) is 18.9 Å². The highest BCUT2D eigenvalue weighted by Gasteiger charge is 2.25. The number of hydrogen-bond donors (Lipinski definition) is 1. The number of nitrogens with zero attached hydrogens (tertiary/aromatic N) is 1. The van der Waals surface area contributed by atoms with Crippen molar-refractivity contribution in [1.82, 2.24) is 0 Å². The number of carboxylic acids is 1. The van der Waals surface area contributed by atoms with Crippen LogP contribution in [0.25, 0.3) is 0 Å². The molecule has 2 aliphatic rings. The molecule has 1 N–H and O–H groups in total. The molecule has 0 saturated heterocycles. The van der Waals surface area contributed by atoms with E-state index in [1.807, 2.05) is 18.2 Å². The molecule has 0 bridgehead atoms. The van der Waals surface area contributed by atoms with Crippen molar-refractivity contribution in [3.05, 3.63) is 23.8 Å². The third-order valence-corrected chi connectivity index (χ3v) is 2.33. The summed E-state index contributed by atoms with van der Waals surface area (Å²) in [6, 6.07) is 0. The third-order valence-electron chi connectivity index (χ3n) is 2.33. The second-order valence-electron chi connectivity index (χ2n) is 3.40. The van der Waals surface area contributed by atoms with E-state index >= 15 is 0 Å². The van der Waals surface area contributed by atoms with Crippen LogP contribution < -0.4 is 0 Å². The number of fused-ring (bicyclic) bond motifs is 1. The molecule has 2 atom stereocenters. The largest absolute Gasteiger partial charge is 0.481 e. The minimum atomic E-state index is -0.766. The number of carboxylic acid groups (broad SMARTS) is 1. The quantitative estimate of drug-likeness (QED) is 0.735. The van der Waals surface area contributed by atoms with Crippen LogP contribution in [0.2, 0.25) is 0 Å². The summed E-state index contributed by atoms with van der Waals surface area (Å²) in [5.41, 5.74) is 1.05. The van der Waals surface area contributed by atoms with Gasteiger partial charge in [-0.15, -0.1) is 0 Å². The van der Waals surface area contributed by atoms with Gasteiger partial charge in [-0.2, -0.15) is 0 Å². The van der Waals surface area contributed by atoms with Gasteiger partial charge in [0.1, 0.15) is 0 Å². The molecule has 4 nitrogen and oxygen atoms in total. The first-order valence-corrected chi connectivity index (χ1v) is 4.56. The lowest BCUT2D eigenvalue weighted by atomic mass is 9.93. The van der Waals surface area contributed by atoms with E-state index in [9.17, 15) is 4.79 Å². The van der Waals surface area contributed by atoms with Gasteiger partial charge in [0.25, 0.3) is 0 Å². The summed E-state index contributed by atoms with van der Waals surface area (Å²) < 4.78 is 0.